The molecule has 3 amide bonds. The van der Waals surface area contributed by atoms with Crippen LogP contribution in [-0.2, 0) is 4.79 Å². The Labute approximate surface area is 133 Å². The molecule has 1 aliphatic rings. The molecule has 0 bridgehead atoms. The van der Waals surface area contributed by atoms with Gasteiger partial charge in [-0.2, -0.15) is 0 Å². The summed E-state index contributed by atoms with van der Waals surface area (Å²) in [7, 11) is 1.37. The number of carboxylic acid groups (broad SMARTS) is 1. The molecule has 7 heteroatoms. The Hall–Kier alpha value is -2.70. The Kier molecular flexibility index (Phi) is 4.49. The highest BCUT2D eigenvalue weighted by Crippen LogP contribution is 2.22. The quantitative estimate of drug-likeness (QED) is 0.792. The van der Waals surface area contributed by atoms with Crippen molar-refractivity contribution in [2.24, 2.45) is 5.92 Å². The molecule has 122 valence electrons. The number of imide groups is 1. The Morgan fingerprint density at radius 2 is 1.78 bits per heavy atom. The molecule has 7 nitrogen and oxygen atoms in total. The molecule has 0 radical (unpaired) electrons. The first-order valence-electron chi connectivity index (χ1n) is 7.22. The average Bonchev–Trinajstić information content (AvgIpc) is 2.70. The van der Waals surface area contributed by atoms with Crippen LogP contribution in [0.25, 0.3) is 0 Å². The molecule has 1 heterocycles. The number of fused-ring (bicyclic) bond motifs is 1. The number of carboxylic acids is 1. The first-order chi connectivity index (χ1) is 10.7. The molecule has 0 aromatic heterocycles. The highest BCUT2D eigenvalue weighted by atomic mass is 16.4. The van der Waals surface area contributed by atoms with Crippen LogP contribution in [-0.4, -0.2) is 46.8 Å². The van der Waals surface area contributed by atoms with E-state index in [9.17, 15) is 19.2 Å². The van der Waals surface area contributed by atoms with Gasteiger partial charge in [0.2, 0.25) is 0 Å². The van der Waals surface area contributed by atoms with Crippen LogP contribution in [0.3, 0.4) is 0 Å². The maximum atomic E-state index is 12.2. The van der Waals surface area contributed by atoms with Crippen LogP contribution in [0.15, 0.2) is 18.2 Å². The highest BCUT2D eigenvalue weighted by Gasteiger charge is 2.33. The molecule has 2 rings (SSSR count). The van der Waals surface area contributed by atoms with Crippen LogP contribution in [0.4, 0.5) is 0 Å². The van der Waals surface area contributed by atoms with Gasteiger partial charge in [0.25, 0.3) is 17.7 Å². The van der Waals surface area contributed by atoms with E-state index >= 15 is 0 Å². The van der Waals surface area contributed by atoms with Gasteiger partial charge in [-0.05, 0) is 30.5 Å². The number of rotatable bonds is 5. The van der Waals surface area contributed by atoms with E-state index in [1.54, 1.807) is 0 Å². The zero-order valence-corrected chi connectivity index (χ0v) is 13.1. The fourth-order valence-corrected chi connectivity index (χ4v) is 2.44. The molecular weight excluding hydrogens is 300 g/mol. The summed E-state index contributed by atoms with van der Waals surface area (Å²) in [6.07, 6.45) is 0.298. The molecule has 0 saturated heterocycles. The van der Waals surface area contributed by atoms with E-state index in [0.717, 1.165) is 4.90 Å². The number of amides is 3. The van der Waals surface area contributed by atoms with Crippen molar-refractivity contribution < 1.29 is 24.3 Å². The van der Waals surface area contributed by atoms with E-state index in [1.165, 1.54) is 25.2 Å². The lowest BCUT2D eigenvalue weighted by Crippen LogP contribution is -2.41. The minimum atomic E-state index is -1.11. The third kappa shape index (κ3) is 3.23. The summed E-state index contributed by atoms with van der Waals surface area (Å²) in [4.78, 5) is 48.2. The summed E-state index contributed by atoms with van der Waals surface area (Å²) in [6, 6.07) is 3.14. The van der Waals surface area contributed by atoms with Gasteiger partial charge < -0.3 is 10.4 Å². The van der Waals surface area contributed by atoms with E-state index in [4.69, 9.17) is 5.11 Å². The summed E-state index contributed by atoms with van der Waals surface area (Å²) in [5.41, 5.74) is 0.544. The molecule has 0 fully saturated rings. The predicted molar refractivity (Wildman–Crippen MR) is 81.2 cm³/mol. The largest absolute Gasteiger partial charge is 0.480 e. The van der Waals surface area contributed by atoms with Gasteiger partial charge >= 0.3 is 5.97 Å². The van der Waals surface area contributed by atoms with Crippen LogP contribution in [0.2, 0.25) is 0 Å². The van der Waals surface area contributed by atoms with E-state index < -0.39 is 29.7 Å². The van der Waals surface area contributed by atoms with E-state index in [1.807, 2.05) is 13.8 Å². The average molecular weight is 318 g/mol. The minimum Gasteiger partial charge on any atom is -0.480 e. The van der Waals surface area contributed by atoms with E-state index in [2.05, 4.69) is 5.32 Å². The number of hydrogen-bond acceptors (Lipinski definition) is 4. The van der Waals surface area contributed by atoms with Crippen LogP contribution in [0, 0.1) is 5.92 Å². The Morgan fingerprint density at radius 1 is 1.17 bits per heavy atom. The van der Waals surface area contributed by atoms with Gasteiger partial charge in [-0.3, -0.25) is 19.3 Å². The molecule has 0 unspecified atom stereocenters. The van der Waals surface area contributed by atoms with Gasteiger partial charge in [0.05, 0.1) is 11.1 Å². The van der Waals surface area contributed by atoms with Crippen molar-refractivity contribution >= 4 is 23.7 Å². The topological polar surface area (TPSA) is 104 Å². The first-order valence-corrected chi connectivity index (χ1v) is 7.22. The Morgan fingerprint density at radius 3 is 2.35 bits per heavy atom. The number of nitrogens with one attached hydrogen (secondary N) is 1. The lowest BCUT2D eigenvalue weighted by molar-refractivity contribution is -0.139. The number of benzene rings is 1. The summed E-state index contributed by atoms with van der Waals surface area (Å²) in [5, 5.41) is 11.6. The normalized spacial score (nSPS) is 14.9. The molecule has 1 aliphatic heterocycles. The molecule has 1 aromatic rings. The molecule has 1 atom stereocenters. The van der Waals surface area contributed by atoms with Gasteiger partial charge in [-0.1, -0.05) is 13.8 Å². The van der Waals surface area contributed by atoms with Gasteiger partial charge in [-0.25, -0.2) is 4.79 Å². The van der Waals surface area contributed by atoms with Crippen molar-refractivity contribution in [1.82, 2.24) is 10.2 Å². The number of hydrogen-bond donors (Lipinski definition) is 2. The molecule has 0 aliphatic carbocycles. The molecular formula is C16H18N2O5. The lowest BCUT2D eigenvalue weighted by atomic mass is 10.0. The fraction of sp³-hybridized carbons (Fsp3) is 0.375. The zero-order chi connectivity index (χ0) is 17.3. The predicted octanol–water partition coefficient (Wildman–Crippen LogP) is 1.14. The smallest absolute Gasteiger partial charge is 0.326 e. The highest BCUT2D eigenvalue weighted by molar-refractivity contribution is 6.21. The van der Waals surface area contributed by atoms with Crippen molar-refractivity contribution in [2.45, 2.75) is 26.3 Å². The SMILES string of the molecule is CC(C)C[C@H](NC(=O)c1ccc2c(c1)C(=O)N(C)C2=O)C(=O)O. The third-order valence-corrected chi connectivity index (χ3v) is 3.66. The summed E-state index contributed by atoms with van der Waals surface area (Å²) >= 11 is 0. The molecule has 1 aromatic carbocycles. The second kappa shape index (κ2) is 6.20. The van der Waals surface area contributed by atoms with Gasteiger partial charge in [0.15, 0.2) is 0 Å². The van der Waals surface area contributed by atoms with Crippen molar-refractivity contribution in [2.75, 3.05) is 7.05 Å². The summed E-state index contributed by atoms with van der Waals surface area (Å²) < 4.78 is 0. The van der Waals surface area contributed by atoms with Crippen LogP contribution in [0.5, 0.6) is 0 Å². The van der Waals surface area contributed by atoms with Crippen molar-refractivity contribution in [1.29, 1.82) is 0 Å². The van der Waals surface area contributed by atoms with E-state index in [0.29, 0.717) is 6.42 Å². The zero-order valence-electron chi connectivity index (χ0n) is 13.1. The maximum absolute atomic E-state index is 12.2. The first kappa shape index (κ1) is 16.7. The molecule has 2 N–H and O–H groups in total. The summed E-state index contributed by atoms with van der Waals surface area (Å²) in [6.45, 7) is 3.72. The van der Waals surface area contributed by atoms with Crippen molar-refractivity contribution in [3.05, 3.63) is 34.9 Å². The summed E-state index contributed by atoms with van der Waals surface area (Å²) in [5.74, 6) is -2.49. The Bertz CT molecular complexity index is 696. The van der Waals surface area contributed by atoms with Crippen LogP contribution >= 0.6 is 0 Å². The Balaban J connectivity index is 2.23. The van der Waals surface area contributed by atoms with Gasteiger partial charge in [-0.15, -0.1) is 0 Å². The van der Waals surface area contributed by atoms with Crippen LogP contribution in [0.1, 0.15) is 51.3 Å². The third-order valence-electron chi connectivity index (χ3n) is 3.66. The lowest BCUT2D eigenvalue weighted by Gasteiger charge is -2.16. The molecule has 0 spiro atoms. The van der Waals surface area contributed by atoms with Crippen molar-refractivity contribution in [3.63, 3.8) is 0 Å². The second-order valence-electron chi connectivity index (χ2n) is 5.92. The number of aliphatic carboxylic acids is 1. The number of carbonyl (C=O) groups is 4. The monoisotopic (exact) mass is 318 g/mol. The van der Waals surface area contributed by atoms with Crippen molar-refractivity contribution in [3.8, 4) is 0 Å². The number of nitrogens with zero attached hydrogens (tertiary/aromatic N) is 1. The van der Waals surface area contributed by atoms with E-state index in [-0.39, 0.29) is 22.6 Å². The minimum absolute atomic E-state index is 0.101. The maximum Gasteiger partial charge on any atom is 0.326 e. The van der Waals surface area contributed by atoms with Crippen LogP contribution < -0.4 is 5.32 Å². The van der Waals surface area contributed by atoms with Gasteiger partial charge in [0.1, 0.15) is 6.04 Å². The fourth-order valence-electron chi connectivity index (χ4n) is 2.44. The second-order valence-corrected chi connectivity index (χ2v) is 5.92. The number of carbonyl (C=O) groups excluding carboxylic acids is 3. The molecule has 0 saturated carbocycles. The standard InChI is InChI=1S/C16H18N2O5/c1-8(2)6-12(16(22)23)17-13(19)9-4-5-10-11(7-9)15(21)18(3)14(10)20/h4-5,7-8,12H,6H2,1-3H3,(H,17,19)(H,22,23)/t12-/m0/s1. The van der Waals surface area contributed by atoms with Gasteiger partial charge in [0, 0.05) is 12.6 Å². The molecule has 23 heavy (non-hydrogen) atoms.